The molecule has 0 aromatic carbocycles. The predicted octanol–water partition coefficient (Wildman–Crippen LogP) is 2.94. The fraction of sp³-hybridized carbons (Fsp3) is 0.600. The minimum Gasteiger partial charge on any atom is -0.382 e. The number of nitrogens with one attached hydrogen (secondary N) is 1. The molecule has 4 rings (SSSR count). The second-order valence-corrected chi connectivity index (χ2v) is 9.29. The number of fused-ring (bicyclic) bond motifs is 3. The highest BCUT2D eigenvalue weighted by Gasteiger charge is 2.31. The predicted molar refractivity (Wildman–Crippen MR) is 134 cm³/mol. The molecule has 3 aromatic heterocycles. The Morgan fingerprint density at radius 1 is 1.24 bits per heavy atom. The van der Waals surface area contributed by atoms with Gasteiger partial charge in [0.1, 0.15) is 22.4 Å². The van der Waals surface area contributed by atoms with Crippen molar-refractivity contribution in [2.24, 2.45) is 11.7 Å². The number of unbranched alkanes of at least 4 members (excludes halogenated alkanes) is 2. The highest BCUT2D eigenvalue weighted by atomic mass is 16.5. The van der Waals surface area contributed by atoms with Crippen LogP contribution < -0.4 is 16.8 Å². The maximum absolute atomic E-state index is 12.6. The van der Waals surface area contributed by atoms with E-state index in [4.69, 9.17) is 21.2 Å². The van der Waals surface area contributed by atoms with Crippen molar-refractivity contribution in [1.82, 2.24) is 24.8 Å². The smallest absolute Gasteiger partial charge is 0.223 e. The zero-order valence-electron chi connectivity index (χ0n) is 20.3. The number of imidazole rings is 1. The largest absolute Gasteiger partial charge is 0.382 e. The molecule has 3 heterocycles. The van der Waals surface area contributed by atoms with Crippen LogP contribution in [0.4, 0.5) is 5.82 Å². The first-order valence-corrected chi connectivity index (χ1v) is 12.5. The van der Waals surface area contributed by atoms with Gasteiger partial charge in [-0.15, -0.1) is 0 Å². The molecule has 0 spiro atoms. The van der Waals surface area contributed by atoms with Gasteiger partial charge in [-0.25, -0.2) is 9.97 Å². The molecule has 34 heavy (non-hydrogen) atoms. The van der Waals surface area contributed by atoms with Crippen molar-refractivity contribution in [3.63, 3.8) is 0 Å². The number of aryl methyl sites for hydroxylation is 2. The summed E-state index contributed by atoms with van der Waals surface area (Å²) in [6.07, 6.45) is 8.93. The third-order valence-corrected chi connectivity index (χ3v) is 6.92. The molecule has 3 aromatic rings. The fourth-order valence-electron chi connectivity index (χ4n) is 4.95. The van der Waals surface area contributed by atoms with E-state index in [1.807, 2.05) is 12.1 Å². The van der Waals surface area contributed by atoms with E-state index < -0.39 is 0 Å². The second kappa shape index (κ2) is 11.1. The summed E-state index contributed by atoms with van der Waals surface area (Å²) in [5.41, 5.74) is 15.7. The number of ether oxygens (including phenoxy) is 1. The van der Waals surface area contributed by atoms with E-state index in [9.17, 15) is 4.79 Å². The molecule has 1 aliphatic rings. The van der Waals surface area contributed by atoms with Crippen molar-refractivity contribution in [3.05, 3.63) is 24.2 Å². The van der Waals surface area contributed by atoms with Gasteiger partial charge in [0.15, 0.2) is 5.82 Å². The Morgan fingerprint density at radius 3 is 2.88 bits per heavy atom. The minimum absolute atomic E-state index is 0.0177. The van der Waals surface area contributed by atoms with Crippen LogP contribution in [0, 0.1) is 5.92 Å². The molecule has 0 radical (unpaired) electrons. The SMILES string of the molecule is CCCCc1nc2c(N)nc3cccnc3c2n1CCCCNC(=O)C1CCC(N)C(OC)C1. The lowest BCUT2D eigenvalue weighted by Gasteiger charge is -2.32. The van der Waals surface area contributed by atoms with Crippen LogP contribution in [-0.4, -0.2) is 51.2 Å². The molecule has 3 atom stereocenters. The number of nitrogens with zero attached hydrogens (tertiary/aromatic N) is 4. The summed E-state index contributed by atoms with van der Waals surface area (Å²) in [4.78, 5) is 26.6. The molecule has 0 bridgehead atoms. The number of carbonyl (C=O) groups is 1. The second-order valence-electron chi connectivity index (χ2n) is 9.29. The molecule has 1 amide bonds. The first kappa shape index (κ1) is 24.3. The first-order chi connectivity index (χ1) is 16.5. The maximum atomic E-state index is 12.6. The molecule has 0 aliphatic heterocycles. The van der Waals surface area contributed by atoms with Crippen LogP contribution in [0.5, 0.6) is 0 Å². The minimum atomic E-state index is -0.0362. The van der Waals surface area contributed by atoms with Crippen LogP contribution in [0.3, 0.4) is 0 Å². The molecule has 0 saturated heterocycles. The Labute approximate surface area is 200 Å². The van der Waals surface area contributed by atoms with Crippen molar-refractivity contribution < 1.29 is 9.53 Å². The standard InChI is InChI=1S/C25H37N7O2/c1-3-4-9-20-31-22-23(21-18(30-24(22)27)8-7-13-28-21)32(20)14-6-5-12-29-25(33)16-10-11-17(26)19(15-16)34-2/h7-8,13,16-17,19H,3-6,9-12,14-15,26H2,1-2H3,(H2,27,30)(H,29,33). The summed E-state index contributed by atoms with van der Waals surface area (Å²) in [5, 5.41) is 3.11. The highest BCUT2D eigenvalue weighted by Crippen LogP contribution is 2.29. The monoisotopic (exact) mass is 467 g/mol. The van der Waals surface area contributed by atoms with Gasteiger partial charge in [0, 0.05) is 44.8 Å². The van der Waals surface area contributed by atoms with Gasteiger partial charge < -0.3 is 26.1 Å². The summed E-state index contributed by atoms with van der Waals surface area (Å²) >= 11 is 0. The maximum Gasteiger partial charge on any atom is 0.223 e. The van der Waals surface area contributed by atoms with E-state index in [0.29, 0.717) is 18.8 Å². The van der Waals surface area contributed by atoms with Gasteiger partial charge in [-0.05, 0) is 50.7 Å². The number of anilines is 1. The Kier molecular flexibility index (Phi) is 7.95. The van der Waals surface area contributed by atoms with Crippen LogP contribution in [-0.2, 0) is 22.5 Å². The molecule has 1 fully saturated rings. The van der Waals surface area contributed by atoms with E-state index in [0.717, 1.165) is 79.4 Å². The van der Waals surface area contributed by atoms with Gasteiger partial charge in [0.05, 0.1) is 11.6 Å². The number of pyridine rings is 2. The number of hydrogen-bond acceptors (Lipinski definition) is 7. The van der Waals surface area contributed by atoms with Crippen LogP contribution in [0.1, 0.15) is 57.7 Å². The first-order valence-electron chi connectivity index (χ1n) is 12.5. The van der Waals surface area contributed by atoms with Crippen molar-refractivity contribution in [1.29, 1.82) is 0 Å². The van der Waals surface area contributed by atoms with Crippen LogP contribution in [0.15, 0.2) is 18.3 Å². The topological polar surface area (TPSA) is 134 Å². The molecule has 184 valence electrons. The van der Waals surface area contributed by atoms with Gasteiger partial charge in [0.25, 0.3) is 0 Å². The van der Waals surface area contributed by atoms with Gasteiger partial charge >= 0.3 is 0 Å². The number of hydrogen-bond donors (Lipinski definition) is 3. The zero-order valence-corrected chi connectivity index (χ0v) is 20.3. The number of nitrogen functional groups attached to an aromatic ring is 1. The average Bonchev–Trinajstić information content (AvgIpc) is 3.22. The van der Waals surface area contributed by atoms with Gasteiger partial charge in [-0.2, -0.15) is 0 Å². The molecule has 5 N–H and O–H groups in total. The molecule has 1 saturated carbocycles. The van der Waals surface area contributed by atoms with Crippen LogP contribution in [0.25, 0.3) is 22.1 Å². The molecule has 3 unspecified atom stereocenters. The lowest BCUT2D eigenvalue weighted by Crippen LogP contribution is -2.45. The van der Waals surface area contributed by atoms with Crippen LogP contribution in [0.2, 0.25) is 0 Å². The summed E-state index contributed by atoms with van der Waals surface area (Å²) in [6.45, 7) is 3.63. The number of carbonyl (C=O) groups excluding carboxylic acids is 1. The van der Waals surface area contributed by atoms with Crippen molar-refractivity contribution in [2.75, 3.05) is 19.4 Å². The number of aromatic nitrogens is 4. The molecular formula is C25H37N7O2. The molecule has 9 nitrogen and oxygen atoms in total. The van der Waals surface area contributed by atoms with Crippen LogP contribution >= 0.6 is 0 Å². The Balaban J connectivity index is 1.41. The molecule has 1 aliphatic carbocycles. The molecule has 9 heteroatoms. The van der Waals surface area contributed by atoms with E-state index in [1.54, 1.807) is 13.3 Å². The lowest BCUT2D eigenvalue weighted by atomic mass is 9.83. The van der Waals surface area contributed by atoms with Crippen molar-refractivity contribution in [3.8, 4) is 0 Å². The summed E-state index contributed by atoms with van der Waals surface area (Å²) in [5.74, 6) is 1.56. The summed E-state index contributed by atoms with van der Waals surface area (Å²) in [7, 11) is 1.67. The van der Waals surface area contributed by atoms with Gasteiger partial charge in [-0.3, -0.25) is 9.78 Å². The number of amides is 1. The normalized spacial score (nSPS) is 20.7. The third kappa shape index (κ3) is 5.15. The average molecular weight is 468 g/mol. The van der Waals surface area contributed by atoms with Gasteiger partial charge in [0.2, 0.25) is 5.91 Å². The van der Waals surface area contributed by atoms with E-state index in [1.165, 1.54) is 0 Å². The van der Waals surface area contributed by atoms with E-state index in [2.05, 4.69) is 26.8 Å². The Hall–Kier alpha value is -2.78. The van der Waals surface area contributed by atoms with E-state index >= 15 is 0 Å². The Bertz CT molecular complexity index is 1130. The zero-order chi connectivity index (χ0) is 24.1. The van der Waals surface area contributed by atoms with Crippen molar-refractivity contribution >= 4 is 33.8 Å². The summed E-state index contributed by atoms with van der Waals surface area (Å²) in [6, 6.07) is 3.83. The summed E-state index contributed by atoms with van der Waals surface area (Å²) < 4.78 is 7.71. The fourth-order valence-corrected chi connectivity index (χ4v) is 4.95. The Morgan fingerprint density at radius 2 is 2.09 bits per heavy atom. The molecular weight excluding hydrogens is 430 g/mol. The van der Waals surface area contributed by atoms with Gasteiger partial charge in [-0.1, -0.05) is 13.3 Å². The highest BCUT2D eigenvalue weighted by molar-refractivity contribution is 6.04. The number of methoxy groups -OCH3 is 1. The number of rotatable bonds is 10. The van der Waals surface area contributed by atoms with E-state index in [-0.39, 0.29) is 24.0 Å². The third-order valence-electron chi connectivity index (χ3n) is 6.92. The quantitative estimate of drug-likeness (QED) is 0.390. The lowest BCUT2D eigenvalue weighted by molar-refractivity contribution is -0.127. The number of nitrogens with two attached hydrogens (primary N) is 2. The van der Waals surface area contributed by atoms with Crippen molar-refractivity contribution in [2.45, 2.75) is 77.0 Å².